The molecule has 0 aliphatic rings. The fourth-order valence-electron chi connectivity index (χ4n) is 3.59. The van der Waals surface area contributed by atoms with Crippen molar-refractivity contribution >= 4 is 17.1 Å². The molecule has 0 aliphatic heterocycles. The lowest BCUT2D eigenvalue weighted by molar-refractivity contribution is 0.448. The van der Waals surface area contributed by atoms with Crippen LogP contribution in [0.5, 0.6) is 28.7 Å². The first-order valence-electron chi connectivity index (χ1n) is 10.3. The van der Waals surface area contributed by atoms with Crippen LogP contribution in [0.2, 0.25) is 0 Å². The van der Waals surface area contributed by atoms with Gasteiger partial charge in [-0.15, -0.1) is 0 Å². The highest BCUT2D eigenvalue weighted by atomic mass is 16.5. The van der Waals surface area contributed by atoms with Crippen molar-refractivity contribution < 1.29 is 20.1 Å². The Morgan fingerprint density at radius 2 is 1.12 bits per heavy atom. The number of hydrogen-bond acceptors (Lipinski definition) is 5. The second kappa shape index (κ2) is 8.55. The first-order valence-corrected chi connectivity index (χ1v) is 10.3. The van der Waals surface area contributed by atoms with E-state index in [1.54, 1.807) is 54.3 Å². The Labute approximate surface area is 187 Å². The molecule has 0 aliphatic carbocycles. The highest BCUT2D eigenvalue weighted by molar-refractivity contribution is 5.85. The molecule has 0 unspecified atom stereocenters. The summed E-state index contributed by atoms with van der Waals surface area (Å²) in [5, 5.41) is 31.7. The van der Waals surface area contributed by atoms with Crippen molar-refractivity contribution in [3.05, 3.63) is 95.6 Å². The number of benzene rings is 4. The van der Waals surface area contributed by atoms with Gasteiger partial charge in [-0.2, -0.15) is 0 Å². The van der Waals surface area contributed by atoms with Crippen LogP contribution >= 0.6 is 0 Å². The summed E-state index contributed by atoms with van der Waals surface area (Å²) in [6.07, 6.45) is 0. The lowest BCUT2D eigenvalue weighted by atomic mass is 10.1. The predicted octanol–water partition coefficient (Wildman–Crippen LogP) is 6.99. The number of hydrogen-bond donors (Lipinski definition) is 3. The minimum atomic E-state index is 0.0771. The third-order valence-electron chi connectivity index (χ3n) is 5.33. The van der Waals surface area contributed by atoms with Gasteiger partial charge in [0, 0.05) is 5.56 Å². The average Bonchev–Trinajstić information content (AvgIpc) is 2.75. The zero-order chi connectivity index (χ0) is 22.8. The lowest BCUT2D eigenvalue weighted by Gasteiger charge is -2.28. The summed E-state index contributed by atoms with van der Waals surface area (Å²) in [6, 6.07) is 23.2. The Bertz CT molecular complexity index is 1230. The van der Waals surface area contributed by atoms with E-state index in [0.29, 0.717) is 34.1 Å². The van der Waals surface area contributed by atoms with Crippen LogP contribution in [0.1, 0.15) is 16.7 Å². The molecule has 0 saturated carbocycles. The van der Waals surface area contributed by atoms with Crippen molar-refractivity contribution in [1.29, 1.82) is 0 Å². The predicted molar refractivity (Wildman–Crippen MR) is 127 cm³/mol. The summed E-state index contributed by atoms with van der Waals surface area (Å²) in [5.41, 5.74) is 4.06. The maximum absolute atomic E-state index is 10.8. The van der Waals surface area contributed by atoms with Crippen LogP contribution in [0.15, 0.2) is 78.9 Å². The van der Waals surface area contributed by atoms with E-state index in [-0.39, 0.29) is 17.2 Å². The van der Waals surface area contributed by atoms with Gasteiger partial charge in [-0.05, 0) is 80.4 Å². The highest BCUT2D eigenvalue weighted by Gasteiger charge is 2.23. The number of phenols is 3. The second-order valence-corrected chi connectivity index (χ2v) is 7.79. The van der Waals surface area contributed by atoms with E-state index in [0.717, 1.165) is 11.1 Å². The van der Waals surface area contributed by atoms with E-state index < -0.39 is 0 Å². The Hall–Kier alpha value is -4.12. The molecule has 4 rings (SSSR count). The quantitative estimate of drug-likeness (QED) is 0.320. The van der Waals surface area contributed by atoms with Crippen molar-refractivity contribution in [3.63, 3.8) is 0 Å². The van der Waals surface area contributed by atoms with Crippen LogP contribution in [0.3, 0.4) is 0 Å². The molecule has 0 heterocycles. The van der Waals surface area contributed by atoms with E-state index >= 15 is 0 Å². The zero-order valence-electron chi connectivity index (χ0n) is 18.2. The minimum Gasteiger partial charge on any atom is -0.508 e. The number of phenolic OH excluding ortho intramolecular Hbond substituents is 3. The molecule has 0 amide bonds. The average molecular weight is 428 g/mol. The van der Waals surface area contributed by atoms with Crippen LogP contribution in [-0.4, -0.2) is 15.3 Å². The molecule has 0 spiro atoms. The van der Waals surface area contributed by atoms with Crippen LogP contribution in [-0.2, 0) is 0 Å². The minimum absolute atomic E-state index is 0.0771. The van der Waals surface area contributed by atoms with E-state index in [4.69, 9.17) is 4.74 Å². The first kappa shape index (κ1) is 21.1. The maximum atomic E-state index is 10.8. The largest absolute Gasteiger partial charge is 0.508 e. The molecule has 0 bridgehead atoms. The number of aromatic hydroxyl groups is 3. The molecule has 3 N–H and O–H groups in total. The molecule has 32 heavy (non-hydrogen) atoms. The van der Waals surface area contributed by atoms with Crippen LogP contribution in [0.25, 0.3) is 0 Å². The van der Waals surface area contributed by atoms with Gasteiger partial charge < -0.3 is 20.1 Å². The monoisotopic (exact) mass is 427 g/mol. The van der Waals surface area contributed by atoms with Gasteiger partial charge in [0.1, 0.15) is 23.0 Å². The van der Waals surface area contributed by atoms with Crippen molar-refractivity contribution in [2.75, 3.05) is 4.90 Å². The summed E-state index contributed by atoms with van der Waals surface area (Å²) in [4.78, 5) is 1.76. The van der Waals surface area contributed by atoms with Gasteiger partial charge >= 0.3 is 0 Å². The number of para-hydroxylation sites is 2. The zero-order valence-corrected chi connectivity index (χ0v) is 18.2. The molecule has 5 heteroatoms. The molecular formula is C27H25NO4. The normalized spacial score (nSPS) is 10.7. The smallest absolute Gasteiger partial charge is 0.151 e. The molecule has 0 atom stereocenters. The Morgan fingerprint density at radius 3 is 1.72 bits per heavy atom. The summed E-state index contributed by atoms with van der Waals surface area (Å²) < 4.78 is 6.21. The molecule has 5 nitrogen and oxygen atoms in total. The van der Waals surface area contributed by atoms with Crippen molar-refractivity contribution in [2.45, 2.75) is 20.8 Å². The molecule has 4 aromatic rings. The standard InChI is InChI=1S/C27H25NO4/c1-17-11-13-20(24(30)15-17)28(21-14-12-18(2)16-25(21)31)22-7-4-5-9-27(22)32-26-10-6-8-23(29)19(26)3/h4-16,29-31H,1-3H3. The molecule has 162 valence electrons. The van der Waals surface area contributed by atoms with E-state index in [2.05, 4.69) is 0 Å². The van der Waals surface area contributed by atoms with Crippen LogP contribution < -0.4 is 9.64 Å². The molecule has 0 fully saturated rings. The van der Waals surface area contributed by atoms with Gasteiger partial charge in [0.15, 0.2) is 5.75 Å². The van der Waals surface area contributed by atoms with Crippen LogP contribution in [0.4, 0.5) is 17.1 Å². The summed E-state index contributed by atoms with van der Waals surface area (Å²) in [5.74, 6) is 1.31. The third kappa shape index (κ3) is 4.05. The summed E-state index contributed by atoms with van der Waals surface area (Å²) >= 11 is 0. The molecule has 0 radical (unpaired) electrons. The Kier molecular flexibility index (Phi) is 5.65. The Morgan fingerprint density at radius 1 is 0.562 bits per heavy atom. The number of ether oxygens (including phenoxy) is 1. The molecular weight excluding hydrogens is 402 g/mol. The first-order chi connectivity index (χ1) is 15.3. The second-order valence-electron chi connectivity index (χ2n) is 7.79. The lowest BCUT2D eigenvalue weighted by Crippen LogP contribution is -2.12. The summed E-state index contributed by atoms with van der Waals surface area (Å²) in [6.45, 7) is 5.58. The molecule has 0 saturated heterocycles. The highest BCUT2D eigenvalue weighted by Crippen LogP contribution is 2.48. The van der Waals surface area contributed by atoms with Crippen molar-refractivity contribution in [2.24, 2.45) is 0 Å². The fraction of sp³-hybridized carbons (Fsp3) is 0.111. The van der Waals surface area contributed by atoms with E-state index in [1.165, 1.54) is 0 Å². The van der Waals surface area contributed by atoms with Gasteiger partial charge in [-0.1, -0.05) is 30.3 Å². The number of rotatable bonds is 5. The van der Waals surface area contributed by atoms with Gasteiger partial charge in [0.25, 0.3) is 0 Å². The SMILES string of the molecule is Cc1ccc(N(c2ccc(C)cc2O)c2ccccc2Oc2cccc(O)c2C)c(O)c1. The van der Waals surface area contributed by atoms with E-state index in [1.807, 2.05) is 50.2 Å². The van der Waals surface area contributed by atoms with Gasteiger partial charge in [-0.3, -0.25) is 4.90 Å². The fourth-order valence-corrected chi connectivity index (χ4v) is 3.59. The third-order valence-corrected chi connectivity index (χ3v) is 5.33. The van der Waals surface area contributed by atoms with Gasteiger partial charge in [0.2, 0.25) is 0 Å². The number of aryl methyl sites for hydroxylation is 2. The Balaban J connectivity index is 1.92. The summed E-state index contributed by atoms with van der Waals surface area (Å²) in [7, 11) is 0. The maximum Gasteiger partial charge on any atom is 0.151 e. The van der Waals surface area contributed by atoms with Gasteiger partial charge in [-0.25, -0.2) is 0 Å². The van der Waals surface area contributed by atoms with Gasteiger partial charge in [0.05, 0.1) is 17.1 Å². The van der Waals surface area contributed by atoms with Crippen molar-refractivity contribution in [1.82, 2.24) is 0 Å². The molecule has 0 aromatic heterocycles. The number of anilines is 3. The van der Waals surface area contributed by atoms with Crippen LogP contribution in [0, 0.1) is 20.8 Å². The molecule has 4 aromatic carbocycles. The topological polar surface area (TPSA) is 73.2 Å². The van der Waals surface area contributed by atoms with Crippen molar-refractivity contribution in [3.8, 4) is 28.7 Å². The van der Waals surface area contributed by atoms with E-state index in [9.17, 15) is 15.3 Å². The number of nitrogens with zero attached hydrogens (tertiary/aromatic N) is 1.